The fourth-order valence-electron chi connectivity index (χ4n) is 6.83. The lowest BCUT2D eigenvalue weighted by Crippen LogP contribution is -2.60. The number of likely N-dealkylation sites (N-methyl/N-ethyl adjacent to an activating group) is 1. The number of hydrogen-bond donors (Lipinski definition) is 2. The van der Waals surface area contributed by atoms with Crippen LogP contribution in [-0.4, -0.2) is 46.2 Å². The highest BCUT2D eigenvalue weighted by molar-refractivity contribution is 5.90. The van der Waals surface area contributed by atoms with Crippen molar-refractivity contribution in [3.63, 3.8) is 0 Å². The lowest BCUT2D eigenvalue weighted by molar-refractivity contribution is -0.141. The van der Waals surface area contributed by atoms with Crippen LogP contribution in [0.4, 0.5) is 0 Å². The van der Waals surface area contributed by atoms with Gasteiger partial charge in [-0.05, 0) is 63.8 Å². The number of piperidine rings is 1. The predicted octanol–water partition coefficient (Wildman–Crippen LogP) is 3.20. The van der Waals surface area contributed by atoms with Crippen LogP contribution >= 0.6 is 0 Å². The van der Waals surface area contributed by atoms with Crippen LogP contribution in [0.5, 0.6) is 0 Å². The molecule has 1 aromatic heterocycles. The van der Waals surface area contributed by atoms with E-state index in [9.17, 15) is 9.90 Å². The Morgan fingerprint density at radius 1 is 1.31 bits per heavy atom. The SMILES string of the molecule is CC(C)n1cc2c3c(cccc31)[C@H]1CC(C(N)=O)(C3CCCC3O)CN(C)[C@@H]1C2. The summed E-state index contributed by atoms with van der Waals surface area (Å²) in [5, 5.41) is 12.1. The number of nitrogens with zero attached hydrogens (tertiary/aromatic N) is 2. The predicted molar refractivity (Wildman–Crippen MR) is 115 cm³/mol. The molecule has 3 unspecified atom stereocenters. The van der Waals surface area contributed by atoms with Gasteiger partial charge in [-0.1, -0.05) is 18.6 Å². The van der Waals surface area contributed by atoms with Gasteiger partial charge in [0, 0.05) is 47.6 Å². The number of primary amides is 1. The molecule has 29 heavy (non-hydrogen) atoms. The van der Waals surface area contributed by atoms with Crippen molar-refractivity contribution in [1.29, 1.82) is 0 Å². The van der Waals surface area contributed by atoms with Gasteiger partial charge in [-0.2, -0.15) is 0 Å². The first kappa shape index (κ1) is 19.1. The molecule has 5 atom stereocenters. The third-order valence-electron chi connectivity index (χ3n) is 8.18. The second-order valence-electron chi connectivity index (χ2n) is 10.0. The zero-order valence-corrected chi connectivity index (χ0v) is 17.8. The average Bonchev–Trinajstić information content (AvgIpc) is 3.27. The molecule has 3 aliphatic rings. The fraction of sp³-hybridized carbons (Fsp3) is 0.625. The first-order valence-corrected chi connectivity index (χ1v) is 11.1. The van der Waals surface area contributed by atoms with Crippen molar-refractivity contribution in [2.24, 2.45) is 17.1 Å². The quantitative estimate of drug-likeness (QED) is 0.838. The number of fused-ring (bicyclic) bond motifs is 2. The average molecular weight is 396 g/mol. The summed E-state index contributed by atoms with van der Waals surface area (Å²) < 4.78 is 2.38. The van der Waals surface area contributed by atoms with Crippen molar-refractivity contribution in [3.8, 4) is 0 Å². The summed E-state index contributed by atoms with van der Waals surface area (Å²) in [6.07, 6.45) is 6.35. The summed E-state index contributed by atoms with van der Waals surface area (Å²) in [6.45, 7) is 5.11. The Morgan fingerprint density at radius 3 is 2.76 bits per heavy atom. The fourth-order valence-corrected chi connectivity index (χ4v) is 6.83. The van der Waals surface area contributed by atoms with E-state index in [1.165, 1.54) is 22.0 Å². The van der Waals surface area contributed by atoms with Gasteiger partial charge in [0.25, 0.3) is 0 Å². The van der Waals surface area contributed by atoms with E-state index in [0.29, 0.717) is 18.6 Å². The lowest BCUT2D eigenvalue weighted by atomic mass is 9.60. The number of amides is 1. The Balaban J connectivity index is 1.64. The molecule has 1 saturated carbocycles. The lowest BCUT2D eigenvalue weighted by Gasteiger charge is -2.52. The summed E-state index contributed by atoms with van der Waals surface area (Å²) in [4.78, 5) is 15.3. The van der Waals surface area contributed by atoms with Gasteiger partial charge in [-0.25, -0.2) is 0 Å². The summed E-state index contributed by atoms with van der Waals surface area (Å²) in [6, 6.07) is 7.42. The van der Waals surface area contributed by atoms with Gasteiger partial charge in [0.2, 0.25) is 5.91 Å². The van der Waals surface area contributed by atoms with Crippen molar-refractivity contribution in [2.45, 2.75) is 70.1 Å². The Hall–Kier alpha value is -1.85. The van der Waals surface area contributed by atoms with Crippen LogP contribution in [0, 0.1) is 11.3 Å². The van der Waals surface area contributed by atoms with Gasteiger partial charge in [0.1, 0.15) is 0 Å². The van der Waals surface area contributed by atoms with E-state index in [-0.39, 0.29) is 17.7 Å². The zero-order chi connectivity index (χ0) is 20.5. The Labute approximate surface area is 172 Å². The highest BCUT2D eigenvalue weighted by Crippen LogP contribution is 2.53. The van der Waals surface area contributed by atoms with E-state index >= 15 is 0 Å². The molecule has 156 valence electrons. The zero-order valence-electron chi connectivity index (χ0n) is 17.8. The largest absolute Gasteiger partial charge is 0.393 e. The molecule has 1 aromatic carbocycles. The van der Waals surface area contributed by atoms with Crippen LogP contribution in [0.25, 0.3) is 10.9 Å². The number of aromatic nitrogens is 1. The van der Waals surface area contributed by atoms with Crippen molar-refractivity contribution < 1.29 is 9.90 Å². The van der Waals surface area contributed by atoms with Gasteiger partial charge < -0.3 is 20.3 Å². The molecule has 1 aliphatic heterocycles. The molecule has 5 nitrogen and oxygen atoms in total. The molecule has 5 heteroatoms. The number of hydrogen-bond acceptors (Lipinski definition) is 3. The number of carbonyl (C=O) groups is 1. The normalized spacial score (nSPS) is 34.7. The molecule has 2 aliphatic carbocycles. The number of aliphatic hydroxyl groups is 1. The highest BCUT2D eigenvalue weighted by Gasteiger charge is 2.55. The third-order valence-corrected chi connectivity index (χ3v) is 8.18. The van der Waals surface area contributed by atoms with Gasteiger partial charge in [-0.3, -0.25) is 4.79 Å². The number of rotatable bonds is 3. The van der Waals surface area contributed by atoms with Crippen molar-refractivity contribution in [3.05, 3.63) is 35.5 Å². The van der Waals surface area contributed by atoms with Crippen molar-refractivity contribution >= 4 is 16.8 Å². The molecule has 2 aromatic rings. The standard InChI is InChI=1S/C24H33N3O2/c1-14(2)27-12-15-10-20-17(16-6-4-8-19(27)22(15)16)11-24(23(25)29,13-26(20)3)18-7-5-9-21(18)28/h4,6,8,12,14,17-18,20-21,28H,5,7,9-11,13H2,1-3H3,(H2,25,29)/t17-,18?,20-,21?,24?/m1/s1. The molecule has 2 fully saturated rings. The van der Waals surface area contributed by atoms with E-state index in [4.69, 9.17) is 5.73 Å². The second-order valence-corrected chi connectivity index (χ2v) is 10.0. The van der Waals surface area contributed by atoms with E-state index in [0.717, 1.165) is 32.1 Å². The molecule has 2 heterocycles. The number of likely N-dealkylation sites (tertiary alicyclic amines) is 1. The monoisotopic (exact) mass is 395 g/mol. The first-order valence-electron chi connectivity index (χ1n) is 11.1. The molecular weight excluding hydrogens is 362 g/mol. The summed E-state index contributed by atoms with van der Waals surface area (Å²) in [5.74, 6) is 0.0176. The number of carbonyl (C=O) groups excluding carboxylic acids is 1. The summed E-state index contributed by atoms with van der Waals surface area (Å²) >= 11 is 0. The molecule has 5 rings (SSSR count). The molecule has 0 bridgehead atoms. The van der Waals surface area contributed by atoms with Crippen LogP contribution < -0.4 is 5.73 Å². The van der Waals surface area contributed by atoms with Gasteiger partial charge in [0.15, 0.2) is 0 Å². The van der Waals surface area contributed by atoms with Crippen molar-refractivity contribution in [1.82, 2.24) is 9.47 Å². The van der Waals surface area contributed by atoms with Crippen LogP contribution in [0.2, 0.25) is 0 Å². The van der Waals surface area contributed by atoms with E-state index < -0.39 is 11.5 Å². The van der Waals surface area contributed by atoms with Gasteiger partial charge >= 0.3 is 0 Å². The van der Waals surface area contributed by atoms with E-state index in [2.05, 4.69) is 54.8 Å². The minimum absolute atomic E-state index is 0.0238. The molecule has 1 amide bonds. The van der Waals surface area contributed by atoms with Crippen LogP contribution in [0.1, 0.15) is 62.6 Å². The number of aliphatic hydroxyl groups excluding tert-OH is 1. The maximum absolute atomic E-state index is 12.9. The molecule has 0 spiro atoms. The topological polar surface area (TPSA) is 71.5 Å². The molecule has 1 saturated heterocycles. The highest BCUT2D eigenvalue weighted by atomic mass is 16.3. The maximum atomic E-state index is 12.9. The Morgan fingerprint density at radius 2 is 2.10 bits per heavy atom. The van der Waals surface area contributed by atoms with E-state index in [1.807, 2.05) is 0 Å². The minimum Gasteiger partial charge on any atom is -0.393 e. The van der Waals surface area contributed by atoms with Gasteiger partial charge in [0.05, 0.1) is 11.5 Å². The van der Waals surface area contributed by atoms with Crippen molar-refractivity contribution in [2.75, 3.05) is 13.6 Å². The van der Waals surface area contributed by atoms with E-state index in [1.54, 1.807) is 0 Å². The minimum atomic E-state index is -0.647. The molecular formula is C24H33N3O2. The molecule has 3 N–H and O–H groups in total. The molecule has 0 radical (unpaired) electrons. The summed E-state index contributed by atoms with van der Waals surface area (Å²) in [5.41, 5.74) is 9.51. The third kappa shape index (κ3) is 2.63. The van der Waals surface area contributed by atoms with Crippen LogP contribution in [0.3, 0.4) is 0 Å². The first-order chi connectivity index (χ1) is 13.8. The smallest absolute Gasteiger partial charge is 0.225 e. The number of benzene rings is 1. The van der Waals surface area contributed by atoms with Crippen LogP contribution in [-0.2, 0) is 11.2 Å². The van der Waals surface area contributed by atoms with Gasteiger partial charge in [-0.15, -0.1) is 0 Å². The Bertz CT molecular complexity index is 964. The summed E-state index contributed by atoms with van der Waals surface area (Å²) in [7, 11) is 2.14. The Kier molecular flexibility index (Phi) is 4.34. The maximum Gasteiger partial charge on any atom is 0.225 e. The number of nitrogens with two attached hydrogens (primary N) is 1. The van der Waals surface area contributed by atoms with Crippen LogP contribution in [0.15, 0.2) is 24.4 Å². The second kappa shape index (κ2) is 6.58.